The SMILES string of the molecule is CC1(C)C2=N/C(=C(/c3c(F)c(F)c(F)c(F)c3F)C3=C/C(=C(/c4c(F)c(F)c(F)c(F)c4F)c4ccc([nH]4)C(C)(C)C4=N/C(=C(/c5c(F)c(F)c(F)c(F)c5F)C5=C/C(=C(\c6c(F)c(F)c(F)c(F)c6F)c6ccc1[nH]6)C=N5)C=C4)C=N3)C=C2. The fourth-order valence-corrected chi connectivity index (χ4v) is 10.00. The lowest BCUT2D eigenvalue weighted by Gasteiger charge is -2.23. The Morgan fingerprint density at radius 1 is 0.310 bits per heavy atom. The second kappa shape index (κ2) is 19.6. The molecular formula is C58H26F20N6. The monoisotopic (exact) mass is 1190 g/mol. The number of aromatic nitrogens is 2. The number of halogens is 20. The van der Waals surface area contributed by atoms with Gasteiger partial charge in [0.2, 0.25) is 23.3 Å². The van der Waals surface area contributed by atoms with Gasteiger partial charge < -0.3 is 9.97 Å². The molecule has 7 heterocycles. The maximum absolute atomic E-state index is 16.1. The normalized spacial score (nSPS) is 20.6. The van der Waals surface area contributed by atoms with Gasteiger partial charge in [-0.05, 0) is 88.4 Å². The van der Waals surface area contributed by atoms with Crippen LogP contribution in [0.15, 0.2) is 115 Å². The topological polar surface area (TPSA) is 81.0 Å². The zero-order valence-electron chi connectivity index (χ0n) is 42.3. The Labute approximate surface area is 457 Å². The van der Waals surface area contributed by atoms with Crippen molar-refractivity contribution < 1.29 is 87.8 Å². The summed E-state index contributed by atoms with van der Waals surface area (Å²) in [5, 5.41) is 0. The first-order chi connectivity index (χ1) is 39.5. The predicted molar refractivity (Wildman–Crippen MR) is 265 cm³/mol. The van der Waals surface area contributed by atoms with Crippen molar-refractivity contribution in [3.05, 3.63) is 256 Å². The predicted octanol–water partition coefficient (Wildman–Crippen LogP) is 15.8. The van der Waals surface area contributed by atoms with Crippen LogP contribution in [0.5, 0.6) is 0 Å². The Morgan fingerprint density at radius 3 is 0.833 bits per heavy atom. The summed E-state index contributed by atoms with van der Waals surface area (Å²) in [5.74, 6) is -50.0. The average molecular weight is 1190 g/mol. The highest BCUT2D eigenvalue weighted by molar-refractivity contribution is 6.11. The van der Waals surface area contributed by atoms with Crippen LogP contribution in [0.3, 0.4) is 0 Å². The standard InChI is InChI=1S/C58H26F20N6/c1-57(2)25-9-5-19(81-25)29(33-37(59)45(67)53(75)46(68)38(33)60)17-13-24(80-15-17)32(36-43(65)51(73)56(78)52(74)44(36)66)22-8-12-28(84-22)58(3,4)26-10-6-20(82-26)30(34-39(61)47(69)54(76)48(70)40(34)62)18-14-23(79-16-18)31(21-7-11-27(57)83-21)35-41(63)49(71)55(77)50(72)42(35)64/h5-16,81-82H,1-4H3/b29-17-,30-18+,31-21+,32-22+. The summed E-state index contributed by atoms with van der Waals surface area (Å²) in [7, 11) is 0. The molecule has 0 saturated heterocycles. The van der Waals surface area contributed by atoms with Crippen molar-refractivity contribution in [2.24, 2.45) is 20.0 Å². The van der Waals surface area contributed by atoms with Gasteiger partial charge in [0.15, 0.2) is 93.1 Å². The average Bonchev–Trinajstić information content (AvgIpc) is 1.93. The Kier molecular flexibility index (Phi) is 13.2. The second-order valence-corrected chi connectivity index (χ2v) is 20.0. The molecule has 0 radical (unpaired) electrons. The third-order valence-electron chi connectivity index (χ3n) is 14.5. The van der Waals surface area contributed by atoms with Crippen LogP contribution in [0.4, 0.5) is 87.8 Å². The van der Waals surface area contributed by atoms with Gasteiger partial charge in [0.1, 0.15) is 0 Å². The van der Waals surface area contributed by atoms with Crippen LogP contribution in [-0.2, 0) is 10.8 Å². The molecule has 6 nitrogen and oxygen atoms in total. The van der Waals surface area contributed by atoms with Gasteiger partial charge in [-0.15, -0.1) is 0 Å². The molecule has 0 saturated carbocycles. The molecule has 26 heteroatoms. The number of rotatable bonds is 4. The first-order valence-corrected chi connectivity index (χ1v) is 24.0. The Balaban J connectivity index is 1.26. The number of nitrogens with zero attached hydrogens (tertiary/aromatic N) is 4. The quantitative estimate of drug-likeness (QED) is 0.100. The molecule has 0 spiro atoms. The number of aliphatic imine (C=N–C) groups is 4. The Bertz CT molecular complexity index is 4070. The molecule has 2 aromatic heterocycles. The Hall–Kier alpha value is -9.36. The third-order valence-corrected chi connectivity index (χ3v) is 14.5. The van der Waals surface area contributed by atoms with Crippen molar-refractivity contribution in [3.63, 3.8) is 0 Å². The number of allylic oxidation sites excluding steroid dienone is 10. The van der Waals surface area contributed by atoms with Gasteiger partial charge in [-0.3, -0.25) is 20.0 Å². The molecule has 4 aromatic carbocycles. The minimum absolute atomic E-state index is 0.124. The first kappa shape index (κ1) is 56.5. The van der Waals surface area contributed by atoms with E-state index >= 15 is 70.2 Å². The van der Waals surface area contributed by atoms with E-state index in [0.717, 1.165) is 48.6 Å². The molecule has 0 amide bonds. The van der Waals surface area contributed by atoms with Crippen LogP contribution in [0, 0.1) is 116 Å². The molecule has 84 heavy (non-hydrogen) atoms. The van der Waals surface area contributed by atoms with Crippen molar-refractivity contribution in [1.82, 2.24) is 9.97 Å². The number of hydrogen-bond acceptors (Lipinski definition) is 4. The summed E-state index contributed by atoms with van der Waals surface area (Å²) in [6.07, 6.45) is 6.91. The van der Waals surface area contributed by atoms with Crippen LogP contribution in [0.2, 0.25) is 0 Å². The molecule has 5 aliphatic heterocycles. The minimum atomic E-state index is -2.62. The number of aromatic amines is 2. The highest BCUT2D eigenvalue weighted by Gasteiger charge is 2.40. The molecule has 428 valence electrons. The van der Waals surface area contributed by atoms with E-state index in [4.69, 9.17) is 0 Å². The molecule has 0 atom stereocenters. The van der Waals surface area contributed by atoms with E-state index in [1.54, 1.807) is 0 Å². The lowest BCUT2D eigenvalue weighted by Crippen LogP contribution is -2.27. The summed E-state index contributed by atoms with van der Waals surface area (Å²) in [6, 6.07) is 4.33. The van der Waals surface area contributed by atoms with E-state index in [0.29, 0.717) is 24.6 Å². The fourth-order valence-electron chi connectivity index (χ4n) is 10.00. The summed E-state index contributed by atoms with van der Waals surface area (Å²) in [6.45, 7) is 5.39. The van der Waals surface area contributed by atoms with Gasteiger partial charge in [-0.1, -0.05) is 0 Å². The molecular weight excluding hydrogens is 1160 g/mol. The van der Waals surface area contributed by atoms with E-state index in [9.17, 15) is 17.6 Å². The van der Waals surface area contributed by atoms with Crippen LogP contribution in [-0.4, -0.2) is 33.8 Å². The number of benzene rings is 4. The smallest absolute Gasteiger partial charge is 0.200 e. The van der Waals surface area contributed by atoms with Gasteiger partial charge in [-0.25, -0.2) is 87.8 Å². The molecule has 2 N–H and O–H groups in total. The molecule has 12 bridgehead atoms. The maximum Gasteiger partial charge on any atom is 0.200 e. The van der Waals surface area contributed by atoms with Crippen LogP contribution in [0.1, 0.15) is 72.7 Å². The first-order valence-electron chi connectivity index (χ1n) is 24.0. The summed E-state index contributed by atoms with van der Waals surface area (Å²) in [4.78, 5) is 22.4. The molecule has 0 unspecified atom stereocenters. The van der Waals surface area contributed by atoms with E-state index in [-0.39, 0.29) is 22.8 Å². The molecule has 5 aliphatic rings. The van der Waals surface area contributed by atoms with E-state index in [2.05, 4.69) is 29.9 Å². The largest absolute Gasteiger partial charge is 0.358 e. The fraction of sp³-hybridized carbons (Fsp3) is 0.103. The van der Waals surface area contributed by atoms with E-state index in [1.165, 1.54) is 27.7 Å². The van der Waals surface area contributed by atoms with Crippen molar-refractivity contribution >= 4 is 46.1 Å². The molecule has 0 aliphatic carbocycles. The lowest BCUT2D eigenvalue weighted by atomic mass is 9.84. The molecule has 11 rings (SSSR count). The van der Waals surface area contributed by atoms with Crippen molar-refractivity contribution in [2.45, 2.75) is 38.5 Å². The van der Waals surface area contributed by atoms with E-state index < -0.39 is 217 Å². The number of hydrogen-bond donors (Lipinski definition) is 2. The van der Waals surface area contributed by atoms with E-state index in [1.807, 2.05) is 0 Å². The van der Waals surface area contributed by atoms with Crippen LogP contribution in [0.25, 0.3) is 22.3 Å². The lowest BCUT2D eigenvalue weighted by molar-refractivity contribution is 0.376. The maximum atomic E-state index is 16.1. The highest BCUT2D eigenvalue weighted by Crippen LogP contribution is 2.46. The Morgan fingerprint density at radius 2 is 0.560 bits per heavy atom. The highest BCUT2D eigenvalue weighted by atomic mass is 19.2. The van der Waals surface area contributed by atoms with Gasteiger partial charge >= 0.3 is 0 Å². The minimum Gasteiger partial charge on any atom is -0.358 e. The third kappa shape index (κ3) is 8.25. The molecule has 0 fully saturated rings. The van der Waals surface area contributed by atoms with Gasteiger partial charge in [0.05, 0.1) is 56.5 Å². The van der Waals surface area contributed by atoms with Crippen molar-refractivity contribution in [2.75, 3.05) is 0 Å². The zero-order valence-corrected chi connectivity index (χ0v) is 42.3. The molecule has 6 aromatic rings. The summed E-state index contributed by atoms with van der Waals surface area (Å²) < 4.78 is 309. The van der Waals surface area contributed by atoms with Gasteiger partial charge in [0, 0.05) is 79.5 Å². The van der Waals surface area contributed by atoms with Crippen LogP contribution >= 0.6 is 0 Å². The summed E-state index contributed by atoms with van der Waals surface area (Å²) >= 11 is 0. The second-order valence-electron chi connectivity index (χ2n) is 20.0. The van der Waals surface area contributed by atoms with Crippen molar-refractivity contribution in [3.8, 4) is 0 Å². The summed E-state index contributed by atoms with van der Waals surface area (Å²) in [5.41, 5.74) is -20.2. The van der Waals surface area contributed by atoms with Gasteiger partial charge in [0.25, 0.3) is 0 Å². The number of nitrogens with one attached hydrogen (secondary N) is 2. The number of H-pyrrole nitrogens is 2. The van der Waals surface area contributed by atoms with Crippen LogP contribution < -0.4 is 0 Å². The number of fused-ring (bicyclic) bond motifs is 8. The van der Waals surface area contributed by atoms with Crippen molar-refractivity contribution in [1.29, 1.82) is 0 Å². The van der Waals surface area contributed by atoms with Gasteiger partial charge in [-0.2, -0.15) is 0 Å². The zero-order chi connectivity index (χ0) is 60.8.